The van der Waals surface area contributed by atoms with Gasteiger partial charge in [-0.05, 0) is 36.8 Å². The molecule has 0 bridgehead atoms. The number of hydrogen-bond donors (Lipinski definition) is 2. The van der Waals surface area contributed by atoms with E-state index < -0.39 is 5.97 Å². The zero-order valence-corrected chi connectivity index (χ0v) is 13.1. The number of aromatic nitrogens is 1. The zero-order valence-electron chi connectivity index (χ0n) is 13.1. The minimum Gasteiger partial charge on any atom is -0.465 e. The smallest absolute Gasteiger partial charge is 0.337 e. The number of nitrogens with one attached hydrogen (secondary N) is 2. The average molecular weight is 313 g/mol. The van der Waals surface area contributed by atoms with Crippen molar-refractivity contribution in [2.75, 3.05) is 19.0 Å². The van der Waals surface area contributed by atoms with Crippen LogP contribution in [0.1, 0.15) is 34.1 Å². The Balaban J connectivity index is 2.14. The third-order valence-corrected chi connectivity index (χ3v) is 3.11. The largest absolute Gasteiger partial charge is 0.465 e. The fourth-order valence-corrected chi connectivity index (χ4v) is 1.97. The second-order valence-electron chi connectivity index (χ2n) is 4.88. The molecule has 1 amide bonds. The first-order chi connectivity index (χ1) is 11.1. The Morgan fingerprint density at radius 3 is 2.74 bits per heavy atom. The van der Waals surface area contributed by atoms with E-state index in [2.05, 4.69) is 15.6 Å². The van der Waals surface area contributed by atoms with Crippen LogP contribution >= 0.6 is 0 Å². The monoisotopic (exact) mass is 313 g/mol. The highest BCUT2D eigenvalue weighted by Crippen LogP contribution is 2.17. The molecule has 0 aliphatic rings. The number of rotatable bonds is 6. The Morgan fingerprint density at radius 2 is 2.00 bits per heavy atom. The summed E-state index contributed by atoms with van der Waals surface area (Å²) in [5.41, 5.74) is 1.65. The van der Waals surface area contributed by atoms with Gasteiger partial charge in [-0.2, -0.15) is 0 Å². The van der Waals surface area contributed by atoms with E-state index in [0.29, 0.717) is 29.2 Å². The minimum atomic E-state index is -0.408. The lowest BCUT2D eigenvalue weighted by atomic mass is 10.2. The molecule has 0 saturated carbocycles. The van der Waals surface area contributed by atoms with Crippen molar-refractivity contribution in [2.24, 2.45) is 0 Å². The Kier molecular flexibility index (Phi) is 5.68. The predicted molar refractivity (Wildman–Crippen MR) is 87.9 cm³/mol. The molecule has 1 aromatic heterocycles. The van der Waals surface area contributed by atoms with E-state index in [-0.39, 0.29) is 5.91 Å². The predicted octanol–water partition coefficient (Wildman–Crippen LogP) is 2.75. The maximum Gasteiger partial charge on any atom is 0.337 e. The van der Waals surface area contributed by atoms with Gasteiger partial charge in [0, 0.05) is 24.0 Å². The summed E-state index contributed by atoms with van der Waals surface area (Å²) in [6.45, 7) is 2.62. The Hall–Kier alpha value is -2.89. The number of ether oxygens (including phenoxy) is 1. The van der Waals surface area contributed by atoms with Gasteiger partial charge < -0.3 is 15.4 Å². The van der Waals surface area contributed by atoms with Crippen molar-refractivity contribution in [3.05, 3.63) is 53.7 Å². The lowest BCUT2D eigenvalue weighted by Gasteiger charge is -2.09. The molecule has 6 nitrogen and oxygen atoms in total. The molecule has 0 unspecified atom stereocenters. The third kappa shape index (κ3) is 4.54. The van der Waals surface area contributed by atoms with Gasteiger partial charge in [-0.15, -0.1) is 0 Å². The Labute approximate surface area is 134 Å². The van der Waals surface area contributed by atoms with Crippen molar-refractivity contribution in [3.8, 4) is 0 Å². The van der Waals surface area contributed by atoms with E-state index in [9.17, 15) is 9.59 Å². The normalized spacial score (nSPS) is 10.0. The van der Waals surface area contributed by atoms with Gasteiger partial charge >= 0.3 is 5.97 Å². The van der Waals surface area contributed by atoms with Crippen LogP contribution in [0.15, 0.2) is 42.6 Å². The lowest BCUT2D eigenvalue weighted by Crippen LogP contribution is -2.24. The summed E-state index contributed by atoms with van der Waals surface area (Å²) in [5.74, 6) is -0.0221. The molecule has 2 rings (SSSR count). The first kappa shape index (κ1) is 16.5. The molecule has 23 heavy (non-hydrogen) atoms. The number of methoxy groups -OCH3 is 1. The van der Waals surface area contributed by atoms with Crippen molar-refractivity contribution in [3.63, 3.8) is 0 Å². The second-order valence-corrected chi connectivity index (χ2v) is 4.88. The number of benzene rings is 1. The van der Waals surface area contributed by atoms with Gasteiger partial charge in [0.2, 0.25) is 0 Å². The topological polar surface area (TPSA) is 80.3 Å². The van der Waals surface area contributed by atoms with Crippen LogP contribution in [0.25, 0.3) is 0 Å². The number of amides is 1. The molecule has 1 heterocycles. The van der Waals surface area contributed by atoms with Crippen LogP contribution in [-0.2, 0) is 4.74 Å². The number of pyridine rings is 1. The highest BCUT2D eigenvalue weighted by atomic mass is 16.5. The Bertz CT molecular complexity index is 701. The number of carbonyl (C=O) groups excluding carboxylic acids is 2. The summed E-state index contributed by atoms with van der Waals surface area (Å²) in [4.78, 5) is 27.7. The highest BCUT2D eigenvalue weighted by Gasteiger charge is 2.08. The number of hydrogen-bond acceptors (Lipinski definition) is 5. The molecular formula is C17H19N3O3. The fraction of sp³-hybridized carbons (Fsp3) is 0.235. The maximum atomic E-state index is 12.0. The van der Waals surface area contributed by atoms with E-state index in [1.807, 2.05) is 6.92 Å². The number of anilines is 2. The Morgan fingerprint density at radius 1 is 1.17 bits per heavy atom. The van der Waals surface area contributed by atoms with E-state index in [0.717, 1.165) is 6.42 Å². The summed E-state index contributed by atoms with van der Waals surface area (Å²) in [6, 6.07) is 10.2. The summed E-state index contributed by atoms with van der Waals surface area (Å²) in [6.07, 6.45) is 2.44. The summed E-state index contributed by atoms with van der Waals surface area (Å²) in [7, 11) is 1.34. The van der Waals surface area contributed by atoms with Crippen LogP contribution < -0.4 is 10.6 Å². The third-order valence-electron chi connectivity index (χ3n) is 3.11. The molecule has 6 heteroatoms. The van der Waals surface area contributed by atoms with Gasteiger partial charge in [-0.1, -0.05) is 13.0 Å². The van der Waals surface area contributed by atoms with E-state index >= 15 is 0 Å². The summed E-state index contributed by atoms with van der Waals surface area (Å²) < 4.78 is 4.69. The van der Waals surface area contributed by atoms with Gasteiger partial charge in [0.05, 0.1) is 12.7 Å². The molecule has 0 spiro atoms. The summed E-state index contributed by atoms with van der Waals surface area (Å²) >= 11 is 0. The first-order valence-corrected chi connectivity index (χ1v) is 7.33. The highest BCUT2D eigenvalue weighted by molar-refractivity contribution is 5.95. The SMILES string of the molecule is CCCNC(=O)c1ccnc(Nc2cccc(C(=O)OC)c2)c1. The maximum absolute atomic E-state index is 12.0. The van der Waals surface area contributed by atoms with Crippen LogP contribution in [0.4, 0.5) is 11.5 Å². The fourth-order valence-electron chi connectivity index (χ4n) is 1.97. The van der Waals surface area contributed by atoms with Crippen LogP contribution in [0.3, 0.4) is 0 Å². The van der Waals surface area contributed by atoms with Crippen LogP contribution in [0.2, 0.25) is 0 Å². The van der Waals surface area contributed by atoms with E-state index in [4.69, 9.17) is 4.74 Å². The van der Waals surface area contributed by atoms with Gasteiger partial charge in [-0.25, -0.2) is 9.78 Å². The van der Waals surface area contributed by atoms with E-state index in [1.165, 1.54) is 7.11 Å². The lowest BCUT2D eigenvalue weighted by molar-refractivity contribution is 0.0600. The molecule has 0 radical (unpaired) electrons. The van der Waals surface area contributed by atoms with Crippen molar-refractivity contribution >= 4 is 23.4 Å². The average Bonchev–Trinajstić information content (AvgIpc) is 2.59. The van der Waals surface area contributed by atoms with Crippen LogP contribution in [-0.4, -0.2) is 30.5 Å². The molecular weight excluding hydrogens is 294 g/mol. The van der Waals surface area contributed by atoms with Crippen molar-refractivity contribution in [2.45, 2.75) is 13.3 Å². The van der Waals surface area contributed by atoms with Gasteiger partial charge in [-0.3, -0.25) is 4.79 Å². The van der Waals surface area contributed by atoms with Gasteiger partial charge in [0.25, 0.3) is 5.91 Å². The first-order valence-electron chi connectivity index (χ1n) is 7.33. The number of nitrogens with zero attached hydrogens (tertiary/aromatic N) is 1. The molecule has 1 aromatic carbocycles. The molecule has 2 aromatic rings. The van der Waals surface area contributed by atoms with Crippen molar-refractivity contribution in [1.82, 2.24) is 10.3 Å². The van der Waals surface area contributed by atoms with E-state index in [1.54, 1.807) is 42.6 Å². The van der Waals surface area contributed by atoms with Gasteiger partial charge in [0.15, 0.2) is 0 Å². The quantitative estimate of drug-likeness (QED) is 0.802. The zero-order chi connectivity index (χ0) is 16.7. The molecule has 0 aliphatic carbocycles. The summed E-state index contributed by atoms with van der Waals surface area (Å²) in [5, 5.41) is 5.89. The standard InChI is InChI=1S/C17H19N3O3/c1-3-8-19-16(21)12-7-9-18-15(11-12)20-14-6-4-5-13(10-14)17(22)23-2/h4-7,9-11H,3,8H2,1-2H3,(H,18,20)(H,19,21). The second kappa shape index (κ2) is 7.93. The van der Waals surface area contributed by atoms with Gasteiger partial charge in [0.1, 0.15) is 5.82 Å². The molecule has 2 N–H and O–H groups in total. The molecule has 0 fully saturated rings. The molecule has 120 valence electrons. The van der Waals surface area contributed by atoms with Crippen molar-refractivity contribution in [1.29, 1.82) is 0 Å². The number of esters is 1. The number of carbonyl (C=O) groups is 2. The molecule has 0 saturated heterocycles. The molecule has 0 atom stereocenters. The minimum absolute atomic E-state index is 0.138. The van der Waals surface area contributed by atoms with Crippen LogP contribution in [0.5, 0.6) is 0 Å². The molecule has 0 aliphatic heterocycles. The van der Waals surface area contributed by atoms with Crippen LogP contribution in [0, 0.1) is 0 Å². The van der Waals surface area contributed by atoms with Crippen molar-refractivity contribution < 1.29 is 14.3 Å².